The predicted molar refractivity (Wildman–Crippen MR) is 73.5 cm³/mol. The van der Waals surface area contributed by atoms with E-state index in [-0.39, 0.29) is 6.04 Å². The first-order valence-electron chi connectivity index (χ1n) is 5.87. The number of hydrogen-bond acceptors (Lipinski definition) is 1. The second-order valence-electron chi connectivity index (χ2n) is 5.13. The first-order valence-corrected chi connectivity index (χ1v) is 7.46. The molecule has 1 aromatic rings. The van der Waals surface area contributed by atoms with Gasteiger partial charge in [-0.15, -0.1) is 0 Å². The summed E-state index contributed by atoms with van der Waals surface area (Å²) in [6, 6.07) is 4.59. The molecule has 2 aliphatic carbocycles. The minimum absolute atomic E-state index is 0.218. The minimum atomic E-state index is 0.218. The van der Waals surface area contributed by atoms with Gasteiger partial charge in [-0.05, 0) is 54.4 Å². The van der Waals surface area contributed by atoms with Crippen LogP contribution in [0.1, 0.15) is 49.3 Å². The fourth-order valence-corrected chi connectivity index (χ4v) is 4.94. The smallest absolute Gasteiger partial charge is 0.0298 e. The summed E-state index contributed by atoms with van der Waals surface area (Å²) < 4.78 is 2.37. The lowest BCUT2D eigenvalue weighted by atomic mass is 9.57. The quantitative estimate of drug-likeness (QED) is 0.740. The fourth-order valence-electron chi connectivity index (χ4n) is 3.26. The van der Waals surface area contributed by atoms with Gasteiger partial charge in [-0.1, -0.05) is 38.3 Å². The third-order valence-electron chi connectivity index (χ3n) is 4.26. The van der Waals surface area contributed by atoms with Crippen LogP contribution >= 0.6 is 31.9 Å². The molecule has 2 N–H and O–H groups in total. The summed E-state index contributed by atoms with van der Waals surface area (Å²) in [6.07, 6.45) is 6.45. The topological polar surface area (TPSA) is 26.0 Å². The highest BCUT2D eigenvalue weighted by Crippen LogP contribution is 2.55. The zero-order chi connectivity index (χ0) is 11.3. The van der Waals surface area contributed by atoms with Crippen LogP contribution in [0.25, 0.3) is 0 Å². The Labute approximate surface area is 113 Å². The standard InChI is InChI=1S/C13H15Br2N/c14-8-6-9-11(16)2-5-13(3-1-4-13)12(9)10(15)7-8/h6-7,11H,1-5,16H2. The first kappa shape index (κ1) is 11.2. The third-order valence-corrected chi connectivity index (χ3v) is 5.34. The van der Waals surface area contributed by atoms with Crippen molar-refractivity contribution in [2.45, 2.75) is 43.6 Å². The van der Waals surface area contributed by atoms with Crippen molar-refractivity contribution in [3.8, 4) is 0 Å². The molecule has 0 heterocycles. The van der Waals surface area contributed by atoms with Gasteiger partial charge in [0.15, 0.2) is 0 Å². The molecule has 0 amide bonds. The van der Waals surface area contributed by atoms with Crippen molar-refractivity contribution in [2.75, 3.05) is 0 Å². The number of rotatable bonds is 0. The number of nitrogens with two attached hydrogens (primary N) is 1. The average molecular weight is 345 g/mol. The Morgan fingerprint density at radius 3 is 2.56 bits per heavy atom. The Kier molecular flexibility index (Phi) is 2.69. The molecule has 0 saturated heterocycles. The number of fused-ring (bicyclic) bond motifs is 2. The van der Waals surface area contributed by atoms with Gasteiger partial charge in [0.2, 0.25) is 0 Å². The summed E-state index contributed by atoms with van der Waals surface area (Å²) in [5.74, 6) is 0. The molecule has 2 aliphatic rings. The second-order valence-corrected chi connectivity index (χ2v) is 6.90. The molecule has 3 rings (SSSR count). The van der Waals surface area contributed by atoms with Gasteiger partial charge in [0.05, 0.1) is 0 Å². The van der Waals surface area contributed by atoms with Crippen LogP contribution in [0.4, 0.5) is 0 Å². The lowest BCUT2D eigenvalue weighted by molar-refractivity contribution is 0.198. The molecule has 0 aliphatic heterocycles. The molecule has 1 atom stereocenters. The summed E-state index contributed by atoms with van der Waals surface area (Å²) in [6.45, 7) is 0. The Morgan fingerprint density at radius 2 is 1.94 bits per heavy atom. The Balaban J connectivity index is 2.20. The zero-order valence-electron chi connectivity index (χ0n) is 9.10. The molecule has 0 radical (unpaired) electrons. The molecule has 1 aromatic carbocycles. The Morgan fingerprint density at radius 1 is 1.19 bits per heavy atom. The molecular weight excluding hydrogens is 330 g/mol. The zero-order valence-corrected chi connectivity index (χ0v) is 12.3. The van der Waals surface area contributed by atoms with Crippen LogP contribution in [0.15, 0.2) is 21.1 Å². The van der Waals surface area contributed by atoms with Gasteiger partial charge in [0.1, 0.15) is 0 Å². The summed E-state index contributed by atoms with van der Waals surface area (Å²) in [7, 11) is 0. The van der Waals surface area contributed by atoms with E-state index in [2.05, 4.69) is 44.0 Å². The largest absolute Gasteiger partial charge is 0.324 e. The molecule has 3 heteroatoms. The van der Waals surface area contributed by atoms with E-state index in [1.54, 1.807) is 0 Å². The molecule has 0 bridgehead atoms. The molecule has 1 saturated carbocycles. The highest BCUT2D eigenvalue weighted by molar-refractivity contribution is 9.11. The van der Waals surface area contributed by atoms with Crippen LogP contribution < -0.4 is 5.73 Å². The predicted octanol–water partition coefficient (Wildman–Crippen LogP) is 4.43. The van der Waals surface area contributed by atoms with Crippen LogP contribution in [0, 0.1) is 0 Å². The normalized spacial score (nSPS) is 26.3. The van der Waals surface area contributed by atoms with Gasteiger partial charge in [-0.3, -0.25) is 0 Å². The van der Waals surface area contributed by atoms with Crippen molar-refractivity contribution in [3.63, 3.8) is 0 Å². The average Bonchev–Trinajstić information content (AvgIpc) is 2.17. The lowest BCUT2D eigenvalue weighted by Crippen LogP contribution is -2.40. The van der Waals surface area contributed by atoms with E-state index in [1.807, 2.05) is 0 Å². The Bertz CT molecular complexity index is 438. The maximum absolute atomic E-state index is 6.24. The number of benzene rings is 1. The van der Waals surface area contributed by atoms with E-state index in [0.717, 1.165) is 10.9 Å². The number of hydrogen-bond donors (Lipinski definition) is 1. The van der Waals surface area contributed by atoms with Gasteiger partial charge in [-0.25, -0.2) is 0 Å². The van der Waals surface area contributed by atoms with Gasteiger partial charge >= 0.3 is 0 Å². The van der Waals surface area contributed by atoms with Crippen LogP contribution in [0.2, 0.25) is 0 Å². The maximum Gasteiger partial charge on any atom is 0.0298 e. The van der Waals surface area contributed by atoms with Crippen molar-refractivity contribution in [2.24, 2.45) is 5.73 Å². The van der Waals surface area contributed by atoms with Crippen molar-refractivity contribution >= 4 is 31.9 Å². The molecule has 1 fully saturated rings. The van der Waals surface area contributed by atoms with Gasteiger partial charge < -0.3 is 5.73 Å². The van der Waals surface area contributed by atoms with Gasteiger partial charge in [-0.2, -0.15) is 0 Å². The summed E-state index contributed by atoms with van der Waals surface area (Å²) in [5, 5.41) is 0. The van der Waals surface area contributed by atoms with E-state index >= 15 is 0 Å². The van der Waals surface area contributed by atoms with Crippen molar-refractivity contribution < 1.29 is 0 Å². The molecule has 1 spiro atoms. The van der Waals surface area contributed by atoms with Crippen molar-refractivity contribution in [1.29, 1.82) is 0 Å². The van der Waals surface area contributed by atoms with E-state index < -0.39 is 0 Å². The molecular formula is C13H15Br2N. The molecule has 0 aromatic heterocycles. The Hall–Kier alpha value is 0.140. The monoisotopic (exact) mass is 343 g/mol. The maximum atomic E-state index is 6.24. The molecule has 1 unspecified atom stereocenters. The minimum Gasteiger partial charge on any atom is -0.324 e. The van der Waals surface area contributed by atoms with E-state index in [0.29, 0.717) is 5.41 Å². The van der Waals surface area contributed by atoms with E-state index in [1.165, 1.54) is 41.3 Å². The summed E-state index contributed by atoms with van der Waals surface area (Å²) in [5.41, 5.74) is 9.55. The molecule has 1 nitrogen and oxygen atoms in total. The molecule has 86 valence electrons. The molecule has 16 heavy (non-hydrogen) atoms. The first-order chi connectivity index (χ1) is 7.62. The highest BCUT2D eigenvalue weighted by atomic mass is 79.9. The van der Waals surface area contributed by atoms with Crippen LogP contribution in [0.3, 0.4) is 0 Å². The van der Waals surface area contributed by atoms with Crippen molar-refractivity contribution in [3.05, 3.63) is 32.2 Å². The third kappa shape index (κ3) is 1.52. The van der Waals surface area contributed by atoms with Crippen LogP contribution in [0.5, 0.6) is 0 Å². The number of halogens is 2. The van der Waals surface area contributed by atoms with Crippen LogP contribution in [-0.2, 0) is 5.41 Å². The highest BCUT2D eigenvalue weighted by Gasteiger charge is 2.44. The summed E-state index contributed by atoms with van der Waals surface area (Å²) >= 11 is 7.29. The lowest BCUT2D eigenvalue weighted by Gasteiger charge is -2.48. The SMILES string of the molecule is NC1CCC2(CCC2)c2c(Br)cc(Br)cc21. The second kappa shape index (κ2) is 3.82. The van der Waals surface area contributed by atoms with Crippen LogP contribution in [-0.4, -0.2) is 0 Å². The van der Waals surface area contributed by atoms with E-state index in [4.69, 9.17) is 5.73 Å². The van der Waals surface area contributed by atoms with Crippen molar-refractivity contribution in [1.82, 2.24) is 0 Å². The van der Waals surface area contributed by atoms with Gasteiger partial charge in [0, 0.05) is 15.0 Å². The fraction of sp³-hybridized carbons (Fsp3) is 0.538. The summed E-state index contributed by atoms with van der Waals surface area (Å²) in [4.78, 5) is 0. The van der Waals surface area contributed by atoms with Gasteiger partial charge in [0.25, 0.3) is 0 Å². The van der Waals surface area contributed by atoms with E-state index in [9.17, 15) is 0 Å².